The lowest BCUT2D eigenvalue weighted by Crippen LogP contribution is -2.52. The minimum atomic E-state index is -0.767. The van der Waals surface area contributed by atoms with E-state index in [0.29, 0.717) is 27.8 Å². The van der Waals surface area contributed by atoms with Crippen LogP contribution in [0.15, 0.2) is 66.7 Å². The molecule has 3 aromatic carbocycles. The first-order valence-electron chi connectivity index (χ1n) is 11.9. The van der Waals surface area contributed by atoms with Crippen LogP contribution in [-0.2, 0) is 22.6 Å². The van der Waals surface area contributed by atoms with Gasteiger partial charge in [-0.05, 0) is 68.1 Å². The summed E-state index contributed by atoms with van der Waals surface area (Å²) in [6.07, 6.45) is 0.347. The number of carbonyl (C=O) groups is 2. The van der Waals surface area contributed by atoms with Gasteiger partial charge in [0, 0.05) is 29.1 Å². The number of hydrogen-bond acceptors (Lipinski definition) is 3. The van der Waals surface area contributed by atoms with E-state index in [1.54, 1.807) is 23.1 Å². The van der Waals surface area contributed by atoms with E-state index in [2.05, 4.69) is 5.32 Å². The van der Waals surface area contributed by atoms with Crippen LogP contribution in [0.5, 0.6) is 5.75 Å². The number of hydrogen-bond donors (Lipinski definition) is 1. The van der Waals surface area contributed by atoms with Crippen molar-refractivity contribution in [3.8, 4) is 5.75 Å². The molecule has 0 saturated carbocycles. The molecule has 0 fully saturated rings. The summed E-state index contributed by atoms with van der Waals surface area (Å²) in [7, 11) is 0. The lowest BCUT2D eigenvalue weighted by atomic mass is 10.0. The number of nitrogens with one attached hydrogen (secondary N) is 1. The van der Waals surface area contributed by atoms with Crippen LogP contribution in [0.2, 0.25) is 10.0 Å². The number of nitrogens with zero attached hydrogens (tertiary/aromatic N) is 1. The van der Waals surface area contributed by atoms with Gasteiger partial charge in [0.1, 0.15) is 11.8 Å². The van der Waals surface area contributed by atoms with Crippen LogP contribution >= 0.6 is 23.2 Å². The Morgan fingerprint density at radius 2 is 1.69 bits per heavy atom. The number of amides is 2. The van der Waals surface area contributed by atoms with Gasteiger partial charge in [-0.25, -0.2) is 0 Å². The lowest BCUT2D eigenvalue weighted by Gasteiger charge is -2.32. The number of aryl methyl sites for hydroxylation is 2. The Bertz CT molecular complexity index is 1200. The summed E-state index contributed by atoms with van der Waals surface area (Å²) in [6, 6.07) is 19.8. The van der Waals surface area contributed by atoms with Crippen LogP contribution in [0.4, 0.5) is 0 Å². The van der Waals surface area contributed by atoms with Gasteiger partial charge in [0.2, 0.25) is 5.91 Å². The molecule has 0 heterocycles. The normalized spacial score (nSPS) is 11.8. The zero-order chi connectivity index (χ0) is 26.2. The third-order valence-corrected chi connectivity index (χ3v) is 6.34. The molecule has 0 aliphatic rings. The monoisotopic (exact) mass is 526 g/mol. The maximum atomic E-state index is 13.7. The highest BCUT2D eigenvalue weighted by Crippen LogP contribution is 2.25. The maximum Gasteiger partial charge on any atom is 0.261 e. The molecule has 0 saturated heterocycles. The van der Waals surface area contributed by atoms with Crippen molar-refractivity contribution in [1.82, 2.24) is 10.2 Å². The molecule has 1 N–H and O–H groups in total. The Hall–Kier alpha value is -3.02. The highest BCUT2D eigenvalue weighted by molar-refractivity contribution is 6.35. The molecule has 0 radical (unpaired) electrons. The lowest BCUT2D eigenvalue weighted by molar-refractivity contribution is -0.143. The van der Waals surface area contributed by atoms with Crippen molar-refractivity contribution in [1.29, 1.82) is 0 Å². The third kappa shape index (κ3) is 7.74. The first-order valence-corrected chi connectivity index (χ1v) is 12.7. The molecule has 2 amide bonds. The molecule has 3 aromatic rings. The van der Waals surface area contributed by atoms with E-state index in [0.717, 1.165) is 16.7 Å². The molecule has 3 rings (SSSR count). The summed E-state index contributed by atoms with van der Waals surface area (Å²) in [5, 5.41) is 3.90. The number of halogens is 2. The van der Waals surface area contributed by atoms with Gasteiger partial charge >= 0.3 is 0 Å². The summed E-state index contributed by atoms with van der Waals surface area (Å²) < 4.78 is 5.93. The van der Waals surface area contributed by atoms with E-state index >= 15 is 0 Å². The highest BCUT2D eigenvalue weighted by Gasteiger charge is 2.31. The Kier molecular flexibility index (Phi) is 9.80. The maximum absolute atomic E-state index is 13.7. The largest absolute Gasteiger partial charge is 0.483 e. The number of benzene rings is 3. The molecule has 5 nitrogen and oxygen atoms in total. The second kappa shape index (κ2) is 12.8. The second-order valence-corrected chi connectivity index (χ2v) is 10.0. The summed E-state index contributed by atoms with van der Waals surface area (Å²) >= 11 is 12.6. The standard InChI is InChI=1S/C29H32Cl2N2O3/c1-19(2)32-29(35)26(15-22-8-6-5-7-9-22)33(17-23-12-13-24(30)16-25(23)31)28(34)18-36-27-14-20(3)10-11-21(27)4/h5-14,16,19,26H,15,17-18H2,1-4H3,(H,32,35)/t26-/m1/s1. The minimum Gasteiger partial charge on any atom is -0.483 e. The van der Waals surface area contributed by atoms with E-state index in [1.165, 1.54) is 0 Å². The predicted octanol–water partition coefficient (Wildman–Crippen LogP) is 6.15. The molecular formula is C29H32Cl2N2O3. The van der Waals surface area contributed by atoms with Gasteiger partial charge in [0.25, 0.3) is 5.91 Å². The smallest absolute Gasteiger partial charge is 0.261 e. The SMILES string of the molecule is Cc1ccc(C)c(OCC(=O)N(Cc2ccc(Cl)cc2Cl)[C@H](Cc2ccccc2)C(=O)NC(C)C)c1. The van der Waals surface area contributed by atoms with Crippen LogP contribution < -0.4 is 10.1 Å². The van der Waals surface area contributed by atoms with E-state index in [1.807, 2.05) is 76.2 Å². The Morgan fingerprint density at radius 3 is 2.36 bits per heavy atom. The van der Waals surface area contributed by atoms with E-state index in [-0.39, 0.29) is 31.0 Å². The van der Waals surface area contributed by atoms with Gasteiger partial charge in [-0.2, -0.15) is 0 Å². The molecular weight excluding hydrogens is 495 g/mol. The molecule has 0 aliphatic heterocycles. The summed E-state index contributed by atoms with van der Waals surface area (Å²) in [5.74, 6) is 0.0832. The topological polar surface area (TPSA) is 58.6 Å². The Labute approximate surface area is 223 Å². The molecule has 0 spiro atoms. The van der Waals surface area contributed by atoms with Crippen molar-refractivity contribution in [3.05, 3.63) is 99.0 Å². The fourth-order valence-corrected chi connectivity index (χ4v) is 4.32. The van der Waals surface area contributed by atoms with E-state index in [9.17, 15) is 9.59 Å². The highest BCUT2D eigenvalue weighted by atomic mass is 35.5. The molecule has 1 atom stereocenters. The molecule has 0 bridgehead atoms. The predicted molar refractivity (Wildman–Crippen MR) is 146 cm³/mol. The Morgan fingerprint density at radius 1 is 0.972 bits per heavy atom. The molecule has 7 heteroatoms. The van der Waals surface area contributed by atoms with Crippen molar-refractivity contribution in [2.24, 2.45) is 0 Å². The zero-order valence-electron chi connectivity index (χ0n) is 21.1. The van der Waals surface area contributed by atoms with Crippen molar-refractivity contribution < 1.29 is 14.3 Å². The van der Waals surface area contributed by atoms with E-state index < -0.39 is 6.04 Å². The van der Waals surface area contributed by atoms with Crippen molar-refractivity contribution >= 4 is 35.0 Å². The van der Waals surface area contributed by atoms with Gasteiger partial charge in [-0.15, -0.1) is 0 Å². The van der Waals surface area contributed by atoms with Crippen LogP contribution in [0.1, 0.15) is 36.1 Å². The zero-order valence-corrected chi connectivity index (χ0v) is 22.6. The molecule has 0 aromatic heterocycles. The fraction of sp³-hybridized carbons (Fsp3) is 0.310. The van der Waals surface area contributed by atoms with Crippen LogP contribution in [0.3, 0.4) is 0 Å². The van der Waals surface area contributed by atoms with Crippen molar-refractivity contribution in [2.75, 3.05) is 6.61 Å². The Balaban J connectivity index is 1.95. The van der Waals surface area contributed by atoms with Crippen LogP contribution in [-0.4, -0.2) is 35.4 Å². The van der Waals surface area contributed by atoms with Crippen LogP contribution in [0.25, 0.3) is 0 Å². The van der Waals surface area contributed by atoms with Crippen molar-refractivity contribution in [3.63, 3.8) is 0 Å². The first-order chi connectivity index (χ1) is 17.1. The number of ether oxygens (including phenoxy) is 1. The molecule has 190 valence electrons. The van der Waals surface area contributed by atoms with Gasteiger partial charge < -0.3 is 15.0 Å². The van der Waals surface area contributed by atoms with E-state index in [4.69, 9.17) is 27.9 Å². The van der Waals surface area contributed by atoms with Gasteiger partial charge in [0.15, 0.2) is 6.61 Å². The van der Waals surface area contributed by atoms with Gasteiger partial charge in [-0.1, -0.05) is 71.7 Å². The van der Waals surface area contributed by atoms with Gasteiger partial charge in [-0.3, -0.25) is 9.59 Å². The fourth-order valence-electron chi connectivity index (χ4n) is 3.85. The minimum absolute atomic E-state index is 0.0851. The number of carbonyl (C=O) groups excluding carboxylic acids is 2. The average molecular weight is 527 g/mol. The van der Waals surface area contributed by atoms with Crippen molar-refractivity contribution in [2.45, 2.75) is 52.7 Å². The third-order valence-electron chi connectivity index (χ3n) is 5.75. The molecule has 0 unspecified atom stereocenters. The number of rotatable bonds is 10. The van der Waals surface area contributed by atoms with Gasteiger partial charge in [0.05, 0.1) is 0 Å². The quantitative estimate of drug-likeness (QED) is 0.344. The first kappa shape index (κ1) is 27.6. The average Bonchev–Trinajstić information content (AvgIpc) is 2.83. The molecule has 0 aliphatic carbocycles. The summed E-state index contributed by atoms with van der Waals surface area (Å²) in [6.45, 7) is 7.60. The summed E-state index contributed by atoms with van der Waals surface area (Å²) in [4.78, 5) is 28.6. The molecule has 36 heavy (non-hydrogen) atoms. The second-order valence-electron chi connectivity index (χ2n) is 9.18. The summed E-state index contributed by atoms with van der Waals surface area (Å²) in [5.41, 5.74) is 3.60. The van der Waals surface area contributed by atoms with Crippen LogP contribution in [0, 0.1) is 13.8 Å².